The van der Waals surface area contributed by atoms with Crippen LogP contribution in [0.5, 0.6) is 0 Å². The predicted molar refractivity (Wildman–Crippen MR) is 100 cm³/mol. The monoisotopic (exact) mass is 369 g/mol. The van der Waals surface area contributed by atoms with Gasteiger partial charge in [0.05, 0.1) is 17.1 Å². The zero-order chi connectivity index (χ0) is 18.6. The van der Waals surface area contributed by atoms with Crippen molar-refractivity contribution >= 4 is 21.7 Å². The summed E-state index contributed by atoms with van der Waals surface area (Å²) in [6, 6.07) is 14.2. The van der Waals surface area contributed by atoms with Crippen LogP contribution < -0.4 is 10.0 Å². The third-order valence-electron chi connectivity index (χ3n) is 3.71. The molecule has 0 spiro atoms. The van der Waals surface area contributed by atoms with E-state index in [1.807, 2.05) is 31.2 Å². The van der Waals surface area contributed by atoms with Gasteiger partial charge in [-0.05, 0) is 55.3 Å². The number of aromatic nitrogens is 3. The maximum absolute atomic E-state index is 12.6. The Balaban J connectivity index is 1.69. The van der Waals surface area contributed by atoms with Gasteiger partial charge in [0.1, 0.15) is 5.82 Å². The highest BCUT2D eigenvalue weighted by atomic mass is 32.2. The van der Waals surface area contributed by atoms with E-state index in [2.05, 4.69) is 25.2 Å². The van der Waals surface area contributed by atoms with Crippen molar-refractivity contribution in [2.45, 2.75) is 25.3 Å². The molecule has 0 atom stereocenters. The van der Waals surface area contributed by atoms with Crippen LogP contribution in [-0.2, 0) is 16.6 Å². The molecule has 2 aromatic heterocycles. The number of rotatable bonds is 6. The molecule has 7 nitrogen and oxygen atoms in total. The molecule has 26 heavy (non-hydrogen) atoms. The van der Waals surface area contributed by atoms with E-state index in [0.717, 1.165) is 11.3 Å². The van der Waals surface area contributed by atoms with Crippen molar-refractivity contribution in [3.05, 3.63) is 71.5 Å². The maximum atomic E-state index is 12.6. The fourth-order valence-electron chi connectivity index (χ4n) is 2.35. The molecule has 0 aliphatic heterocycles. The summed E-state index contributed by atoms with van der Waals surface area (Å²) in [6.45, 7) is 4.10. The van der Waals surface area contributed by atoms with Crippen molar-refractivity contribution < 1.29 is 8.42 Å². The van der Waals surface area contributed by atoms with Gasteiger partial charge in [-0.1, -0.05) is 18.2 Å². The standard InChI is InChI=1S/C18H19N5O2S/c1-13-6-7-14(2)16(11-13)26(24,25)23-18-9-8-17(21-22-18)20-12-15-5-3-4-10-19-15/h3-11H,12H2,1-2H3,(H,20,21)(H,22,23). The topological polar surface area (TPSA) is 96.9 Å². The molecule has 0 radical (unpaired) electrons. The summed E-state index contributed by atoms with van der Waals surface area (Å²) in [6.07, 6.45) is 1.72. The van der Waals surface area contributed by atoms with Gasteiger partial charge in [-0.3, -0.25) is 9.71 Å². The first-order valence-corrected chi connectivity index (χ1v) is 9.50. The predicted octanol–water partition coefficient (Wildman–Crippen LogP) is 2.90. The molecule has 1 aromatic carbocycles. The zero-order valence-corrected chi connectivity index (χ0v) is 15.3. The van der Waals surface area contributed by atoms with Gasteiger partial charge >= 0.3 is 0 Å². The van der Waals surface area contributed by atoms with Gasteiger partial charge in [-0.2, -0.15) is 0 Å². The minimum Gasteiger partial charge on any atom is -0.363 e. The van der Waals surface area contributed by atoms with Crippen molar-refractivity contribution in [2.75, 3.05) is 10.0 Å². The van der Waals surface area contributed by atoms with Crippen LogP contribution in [0.4, 0.5) is 11.6 Å². The van der Waals surface area contributed by atoms with Crippen molar-refractivity contribution in [2.24, 2.45) is 0 Å². The lowest BCUT2D eigenvalue weighted by atomic mass is 10.2. The van der Waals surface area contributed by atoms with Gasteiger partial charge in [0.15, 0.2) is 5.82 Å². The number of sulfonamides is 1. The minimum absolute atomic E-state index is 0.161. The lowest BCUT2D eigenvalue weighted by molar-refractivity contribution is 0.600. The van der Waals surface area contributed by atoms with Crippen molar-refractivity contribution in [1.29, 1.82) is 0 Å². The van der Waals surface area contributed by atoms with Crippen molar-refractivity contribution in [1.82, 2.24) is 15.2 Å². The van der Waals surface area contributed by atoms with E-state index >= 15 is 0 Å². The summed E-state index contributed by atoms with van der Waals surface area (Å²) >= 11 is 0. The second-order valence-electron chi connectivity index (χ2n) is 5.85. The van der Waals surface area contributed by atoms with Crippen LogP contribution in [0.15, 0.2) is 59.6 Å². The molecular formula is C18H19N5O2S. The first-order valence-electron chi connectivity index (χ1n) is 8.02. The molecule has 0 fully saturated rings. The van der Waals surface area contributed by atoms with Crippen LogP contribution in [0.3, 0.4) is 0 Å². The van der Waals surface area contributed by atoms with Crippen LogP contribution >= 0.6 is 0 Å². The number of benzene rings is 1. The number of nitrogens with one attached hydrogen (secondary N) is 2. The van der Waals surface area contributed by atoms with E-state index in [-0.39, 0.29) is 10.7 Å². The van der Waals surface area contributed by atoms with E-state index in [4.69, 9.17) is 0 Å². The molecule has 0 aliphatic carbocycles. The molecule has 2 N–H and O–H groups in total. The second kappa shape index (κ2) is 7.49. The normalized spacial score (nSPS) is 11.2. The Hall–Kier alpha value is -3.00. The van der Waals surface area contributed by atoms with Crippen LogP contribution in [0.2, 0.25) is 0 Å². The van der Waals surface area contributed by atoms with Gasteiger partial charge in [0, 0.05) is 6.20 Å². The molecule has 3 aromatic rings. The quantitative estimate of drug-likeness (QED) is 0.693. The summed E-state index contributed by atoms with van der Waals surface area (Å²) in [7, 11) is -3.72. The van der Waals surface area contributed by atoms with Gasteiger partial charge in [-0.25, -0.2) is 8.42 Å². The van der Waals surface area contributed by atoms with Gasteiger partial charge in [0.2, 0.25) is 0 Å². The Morgan fingerprint density at radius 1 is 0.962 bits per heavy atom. The number of hydrogen-bond donors (Lipinski definition) is 2. The zero-order valence-electron chi connectivity index (χ0n) is 14.5. The third kappa shape index (κ3) is 4.34. The second-order valence-corrected chi connectivity index (χ2v) is 7.50. The van der Waals surface area contributed by atoms with Crippen LogP contribution in [0.1, 0.15) is 16.8 Å². The Bertz CT molecular complexity index is 990. The SMILES string of the molecule is Cc1ccc(C)c(S(=O)(=O)Nc2ccc(NCc3ccccn3)nn2)c1. The number of aryl methyl sites for hydroxylation is 2. The molecule has 0 saturated heterocycles. The molecule has 2 heterocycles. The number of pyridine rings is 1. The fraction of sp³-hybridized carbons (Fsp3) is 0.167. The van der Waals surface area contributed by atoms with E-state index in [1.165, 1.54) is 0 Å². The summed E-state index contributed by atoms with van der Waals surface area (Å²) in [5.74, 6) is 0.694. The summed E-state index contributed by atoms with van der Waals surface area (Å²) in [5.41, 5.74) is 2.41. The van der Waals surface area contributed by atoms with Gasteiger partial charge in [0.25, 0.3) is 10.0 Å². The van der Waals surface area contributed by atoms with E-state index in [0.29, 0.717) is 17.9 Å². The number of anilines is 2. The molecule has 134 valence electrons. The van der Waals surface area contributed by atoms with Gasteiger partial charge in [-0.15, -0.1) is 10.2 Å². The smallest absolute Gasteiger partial charge is 0.263 e. The average molecular weight is 369 g/mol. The molecule has 3 rings (SSSR count). The summed E-state index contributed by atoms with van der Waals surface area (Å²) in [4.78, 5) is 4.44. The van der Waals surface area contributed by atoms with Gasteiger partial charge < -0.3 is 5.32 Å². The Morgan fingerprint density at radius 2 is 1.73 bits per heavy atom. The lowest BCUT2D eigenvalue weighted by Gasteiger charge is -2.10. The third-order valence-corrected chi connectivity index (χ3v) is 5.21. The van der Waals surface area contributed by atoms with Crippen LogP contribution in [0, 0.1) is 13.8 Å². The van der Waals surface area contributed by atoms with Crippen molar-refractivity contribution in [3.63, 3.8) is 0 Å². The number of hydrogen-bond acceptors (Lipinski definition) is 6. The van der Waals surface area contributed by atoms with Crippen molar-refractivity contribution in [3.8, 4) is 0 Å². The molecular weight excluding hydrogens is 350 g/mol. The average Bonchev–Trinajstić information content (AvgIpc) is 2.64. The highest BCUT2D eigenvalue weighted by molar-refractivity contribution is 7.92. The molecule has 0 saturated carbocycles. The molecule has 8 heteroatoms. The first-order chi connectivity index (χ1) is 12.4. The van der Waals surface area contributed by atoms with E-state index < -0.39 is 10.0 Å². The first kappa shape index (κ1) is 17.8. The number of nitrogens with zero attached hydrogens (tertiary/aromatic N) is 3. The maximum Gasteiger partial charge on any atom is 0.263 e. The highest BCUT2D eigenvalue weighted by Crippen LogP contribution is 2.19. The Labute approximate surface area is 152 Å². The van der Waals surface area contributed by atoms with Crippen LogP contribution in [0.25, 0.3) is 0 Å². The van der Waals surface area contributed by atoms with E-state index in [1.54, 1.807) is 37.4 Å². The largest absolute Gasteiger partial charge is 0.363 e. The highest BCUT2D eigenvalue weighted by Gasteiger charge is 2.18. The minimum atomic E-state index is -3.72. The Morgan fingerprint density at radius 3 is 2.42 bits per heavy atom. The molecule has 0 unspecified atom stereocenters. The molecule has 0 bridgehead atoms. The summed E-state index contributed by atoms with van der Waals surface area (Å²) < 4.78 is 27.6. The Kier molecular flexibility index (Phi) is 5.13. The van der Waals surface area contributed by atoms with Crippen LogP contribution in [-0.4, -0.2) is 23.6 Å². The molecule has 0 aliphatic rings. The summed E-state index contributed by atoms with van der Waals surface area (Å²) in [5, 5.41) is 11.0. The fourth-order valence-corrected chi connectivity index (χ4v) is 3.68. The van der Waals surface area contributed by atoms with E-state index in [9.17, 15) is 8.42 Å². The lowest BCUT2D eigenvalue weighted by Crippen LogP contribution is -2.16. The molecule has 0 amide bonds.